The summed E-state index contributed by atoms with van der Waals surface area (Å²) in [7, 11) is -10.7. The Hall–Kier alpha value is -3.67. The molecule has 70 heavy (non-hydrogen) atoms. The van der Waals surface area contributed by atoms with Gasteiger partial charge in [-0.05, 0) is 89.5 Å². The van der Waals surface area contributed by atoms with Crippen molar-refractivity contribution in [2.45, 2.75) is 179 Å². The number of ketones is 1. The van der Waals surface area contributed by atoms with Gasteiger partial charge in [-0.1, -0.05) is 136 Å². The van der Waals surface area contributed by atoms with Crippen LogP contribution < -0.4 is 0 Å². The molecule has 19 heteroatoms. The number of phosphoric acid groups is 2. The molecule has 1 aliphatic carbocycles. The number of carbonyl (C=O) groups is 3. The van der Waals surface area contributed by atoms with Crippen LogP contribution in [0.5, 0.6) is 0 Å². The predicted octanol–water partition coefficient (Wildman–Crippen LogP) is 8.91. The second-order valence-electron chi connectivity index (χ2n) is 16.5. The van der Waals surface area contributed by atoms with E-state index in [1.165, 1.54) is 0 Å². The summed E-state index contributed by atoms with van der Waals surface area (Å²) >= 11 is 0. The zero-order valence-corrected chi connectivity index (χ0v) is 42.7. The number of allylic oxidation sites excluding steroid dienone is 18. The SMILES string of the molecule is CC/C=C\C/C=C\C/C=C\C/C=C\C/C=C\CCCCCC(=O)O[C@H](COC(=O)CCC/C=C\C/C=C\C/C=C\C=C\C(=O)CCCCC)COP(=O)(O)O[C@H]1C(O)C(O)C(O)[C@@H](OP(=O)(O)O)C1O. The summed E-state index contributed by atoms with van der Waals surface area (Å²) in [5.41, 5.74) is 0. The quantitative estimate of drug-likeness (QED) is 0.00756. The molecule has 0 bridgehead atoms. The maximum absolute atomic E-state index is 13.0. The first-order valence-electron chi connectivity index (χ1n) is 24.4. The fourth-order valence-electron chi connectivity index (χ4n) is 6.53. The molecule has 1 rings (SSSR count). The van der Waals surface area contributed by atoms with Crippen molar-refractivity contribution in [2.24, 2.45) is 0 Å². The lowest BCUT2D eigenvalue weighted by molar-refractivity contribution is -0.216. The van der Waals surface area contributed by atoms with Crippen LogP contribution in [0, 0.1) is 0 Å². The molecular weight excluding hydrogens is 946 g/mol. The predicted molar refractivity (Wildman–Crippen MR) is 269 cm³/mol. The van der Waals surface area contributed by atoms with Crippen molar-refractivity contribution in [1.29, 1.82) is 0 Å². The van der Waals surface area contributed by atoms with Crippen molar-refractivity contribution < 1.29 is 81.7 Å². The van der Waals surface area contributed by atoms with Gasteiger partial charge in [-0.2, -0.15) is 0 Å². The molecule has 0 radical (unpaired) electrons. The number of hydrogen-bond acceptors (Lipinski definition) is 14. The van der Waals surface area contributed by atoms with E-state index >= 15 is 0 Å². The Kier molecular flexibility index (Phi) is 36.7. The number of hydrogen-bond donors (Lipinski definition) is 7. The van der Waals surface area contributed by atoms with Gasteiger partial charge in [0.1, 0.15) is 43.2 Å². The van der Waals surface area contributed by atoms with Crippen LogP contribution in [0.1, 0.15) is 136 Å². The molecule has 5 unspecified atom stereocenters. The lowest BCUT2D eigenvalue weighted by Gasteiger charge is -2.43. The summed E-state index contributed by atoms with van der Waals surface area (Å²) in [6, 6.07) is 0. The minimum Gasteiger partial charge on any atom is -0.462 e. The number of aliphatic hydroxyl groups is 4. The van der Waals surface area contributed by atoms with E-state index in [9.17, 15) is 58.6 Å². The number of aliphatic hydroxyl groups excluding tert-OH is 4. The molecule has 1 fully saturated rings. The normalized spacial score (nSPS) is 21.8. The van der Waals surface area contributed by atoms with Gasteiger partial charge >= 0.3 is 27.6 Å². The van der Waals surface area contributed by atoms with Crippen molar-refractivity contribution in [3.8, 4) is 0 Å². The topological polar surface area (TPSA) is 273 Å². The summed E-state index contributed by atoms with van der Waals surface area (Å²) in [4.78, 5) is 66.1. The zero-order valence-electron chi connectivity index (χ0n) is 40.9. The Morgan fingerprint density at radius 1 is 0.514 bits per heavy atom. The van der Waals surface area contributed by atoms with Gasteiger partial charge in [0.05, 0.1) is 6.61 Å². The van der Waals surface area contributed by atoms with Crippen LogP contribution in [-0.2, 0) is 46.6 Å². The van der Waals surface area contributed by atoms with Gasteiger partial charge in [0.25, 0.3) is 0 Å². The van der Waals surface area contributed by atoms with Crippen LogP contribution in [0.3, 0.4) is 0 Å². The molecule has 0 aromatic heterocycles. The van der Waals surface area contributed by atoms with Crippen LogP contribution in [0.25, 0.3) is 0 Å². The van der Waals surface area contributed by atoms with Crippen molar-refractivity contribution >= 4 is 33.4 Å². The molecule has 8 atom stereocenters. The maximum atomic E-state index is 13.0. The lowest BCUT2D eigenvalue weighted by Crippen LogP contribution is -2.64. The Labute approximate surface area is 414 Å². The lowest BCUT2D eigenvalue weighted by atomic mass is 9.85. The van der Waals surface area contributed by atoms with Gasteiger partial charge in [0.15, 0.2) is 11.9 Å². The zero-order chi connectivity index (χ0) is 51.9. The smallest absolute Gasteiger partial charge is 0.462 e. The Balaban J connectivity index is 2.67. The minimum absolute atomic E-state index is 0.00407. The van der Waals surface area contributed by atoms with Crippen molar-refractivity contribution in [1.82, 2.24) is 0 Å². The van der Waals surface area contributed by atoms with Crippen LogP contribution in [0.4, 0.5) is 0 Å². The number of carbonyl (C=O) groups excluding carboxylic acids is 3. The average Bonchev–Trinajstić information content (AvgIpc) is 3.31. The third-order valence-electron chi connectivity index (χ3n) is 10.3. The van der Waals surface area contributed by atoms with Gasteiger partial charge in [-0.3, -0.25) is 28.0 Å². The van der Waals surface area contributed by atoms with Crippen LogP contribution in [0.2, 0.25) is 0 Å². The Morgan fingerprint density at radius 3 is 1.57 bits per heavy atom. The maximum Gasteiger partial charge on any atom is 0.472 e. The van der Waals surface area contributed by atoms with Gasteiger partial charge in [0.2, 0.25) is 0 Å². The van der Waals surface area contributed by atoms with E-state index in [0.29, 0.717) is 44.9 Å². The molecule has 0 aliphatic heterocycles. The molecule has 396 valence electrons. The van der Waals surface area contributed by atoms with Crippen LogP contribution in [0.15, 0.2) is 109 Å². The van der Waals surface area contributed by atoms with Crippen molar-refractivity contribution in [3.05, 3.63) is 109 Å². The summed E-state index contributed by atoms with van der Waals surface area (Å²) in [6.45, 7) is 2.75. The summed E-state index contributed by atoms with van der Waals surface area (Å²) < 4.78 is 49.3. The third kappa shape index (κ3) is 33.8. The molecule has 0 spiro atoms. The summed E-state index contributed by atoms with van der Waals surface area (Å²) in [5, 5.41) is 41.3. The monoisotopic (exact) mass is 1030 g/mol. The van der Waals surface area contributed by atoms with Crippen LogP contribution >= 0.6 is 15.6 Å². The Bertz CT molecular complexity index is 1830. The van der Waals surface area contributed by atoms with Gasteiger partial charge < -0.3 is 44.6 Å². The standard InChI is InChI=1S/C51H80O17P2/c1-3-5-7-8-9-10-11-12-13-14-15-16-17-18-21-25-28-31-35-39-45(54)66-43(41-65-70(62,63)68-51-48(57)46(55)47(56)50(49(51)58)67-69(59,60)61)40-64-44(53)38-34-30-27-24-22-19-20-23-26-29-33-37-42(52)36-32-6-4-2/h5,7,9-10,12-13,15-16,18-21,24,26-27,29,33,37,43,46-51,55-58H,3-4,6,8,11,14,17,22-23,25,28,30-32,34-36,38-41H2,1-2H3,(H,62,63)(H2,59,60,61)/b7-5-,10-9-,13-12-,16-15-,20-19-,21-18-,27-24-,29-26-,37-33+/t43-,46?,47?,48?,49?,50-,51+/m1/s1. The molecule has 1 aliphatic rings. The molecule has 0 aromatic carbocycles. The van der Waals surface area contributed by atoms with E-state index < -0.39 is 83.5 Å². The number of unbranched alkanes of at least 4 members (excludes halogenated alkanes) is 6. The fourth-order valence-corrected chi connectivity index (χ4v) is 8.07. The third-order valence-corrected chi connectivity index (χ3v) is 11.8. The highest BCUT2D eigenvalue weighted by molar-refractivity contribution is 7.47. The highest BCUT2D eigenvalue weighted by Crippen LogP contribution is 2.49. The second-order valence-corrected chi connectivity index (χ2v) is 19.1. The van der Waals surface area contributed by atoms with Crippen molar-refractivity contribution in [2.75, 3.05) is 13.2 Å². The average molecular weight is 1030 g/mol. The van der Waals surface area contributed by atoms with Gasteiger partial charge in [-0.25, -0.2) is 9.13 Å². The van der Waals surface area contributed by atoms with E-state index in [1.54, 1.807) is 12.2 Å². The first-order chi connectivity index (χ1) is 33.5. The number of ether oxygens (including phenoxy) is 2. The molecule has 17 nitrogen and oxygen atoms in total. The number of phosphoric ester groups is 2. The highest BCUT2D eigenvalue weighted by atomic mass is 31.2. The fraction of sp³-hybridized carbons (Fsp3) is 0.588. The Morgan fingerprint density at radius 2 is 1.01 bits per heavy atom. The summed E-state index contributed by atoms with van der Waals surface area (Å²) in [5.74, 6) is -1.23. The van der Waals surface area contributed by atoms with Crippen molar-refractivity contribution in [3.63, 3.8) is 0 Å². The molecular formula is C51H80O17P2. The van der Waals surface area contributed by atoms with E-state index in [2.05, 4.69) is 79.1 Å². The van der Waals surface area contributed by atoms with E-state index in [0.717, 1.165) is 64.2 Å². The van der Waals surface area contributed by atoms with E-state index in [4.69, 9.17) is 18.5 Å². The summed E-state index contributed by atoms with van der Waals surface area (Å²) in [6.07, 6.45) is 34.5. The number of esters is 2. The minimum atomic E-state index is -5.39. The first-order valence-corrected chi connectivity index (χ1v) is 27.4. The van der Waals surface area contributed by atoms with E-state index in [1.807, 2.05) is 36.5 Å². The molecule has 7 N–H and O–H groups in total. The highest BCUT2D eigenvalue weighted by Gasteiger charge is 2.54. The molecule has 0 aromatic rings. The first kappa shape index (κ1) is 64.3. The molecule has 0 saturated heterocycles. The second kappa shape index (κ2) is 39.9. The molecule has 0 heterocycles. The van der Waals surface area contributed by atoms with E-state index in [-0.39, 0.29) is 18.6 Å². The largest absolute Gasteiger partial charge is 0.472 e. The number of rotatable bonds is 39. The van der Waals surface area contributed by atoms with Crippen LogP contribution in [-0.4, -0.2) is 109 Å². The molecule has 0 amide bonds. The van der Waals surface area contributed by atoms with Gasteiger partial charge in [0, 0.05) is 19.3 Å². The van der Waals surface area contributed by atoms with Gasteiger partial charge in [-0.15, -0.1) is 0 Å². The molecule has 1 saturated carbocycles.